The molecule has 0 saturated carbocycles. The predicted molar refractivity (Wildman–Crippen MR) is 143 cm³/mol. The lowest BCUT2D eigenvalue weighted by molar-refractivity contribution is -0.274. The topological polar surface area (TPSA) is 78.3 Å². The van der Waals surface area contributed by atoms with E-state index in [2.05, 4.69) is 20.1 Å². The van der Waals surface area contributed by atoms with Gasteiger partial charge < -0.3 is 9.47 Å². The lowest BCUT2D eigenvalue weighted by Gasteiger charge is -2.20. The number of ether oxygens (including phenoxy) is 2. The van der Waals surface area contributed by atoms with Gasteiger partial charge in [0.1, 0.15) is 12.1 Å². The van der Waals surface area contributed by atoms with Gasteiger partial charge in [0, 0.05) is 11.3 Å². The molecule has 1 aromatic heterocycles. The SMILES string of the molecule is O=C(Nc1ccc(-c2ncn(-c3ccc(OC(F)(F)F)cc3)n2)cc1)OC(c1ccccc1)c1ccc(C(F)(F)F)cc1. The second-order valence-electron chi connectivity index (χ2n) is 9.07. The molecule has 4 aromatic carbocycles. The average molecular weight is 599 g/mol. The number of carbonyl (C=O) groups excluding carboxylic acids is 1. The summed E-state index contributed by atoms with van der Waals surface area (Å²) in [4.78, 5) is 17.0. The number of aromatic nitrogens is 3. The van der Waals surface area contributed by atoms with Crippen LogP contribution in [-0.2, 0) is 10.9 Å². The predicted octanol–water partition coefficient (Wildman–Crippen LogP) is 8.19. The van der Waals surface area contributed by atoms with Gasteiger partial charge in [0.2, 0.25) is 0 Å². The van der Waals surface area contributed by atoms with Crippen molar-refractivity contribution in [1.29, 1.82) is 0 Å². The third-order valence-corrected chi connectivity index (χ3v) is 6.08. The van der Waals surface area contributed by atoms with Crippen LogP contribution in [0, 0.1) is 0 Å². The molecule has 1 N–H and O–H groups in total. The summed E-state index contributed by atoms with van der Waals surface area (Å²) in [7, 11) is 0. The molecule has 220 valence electrons. The van der Waals surface area contributed by atoms with Crippen LogP contribution in [0.4, 0.5) is 36.8 Å². The van der Waals surface area contributed by atoms with E-state index < -0.39 is 30.3 Å². The summed E-state index contributed by atoms with van der Waals surface area (Å²) in [6, 6.07) is 24.5. The van der Waals surface area contributed by atoms with Gasteiger partial charge in [0.05, 0.1) is 11.3 Å². The largest absolute Gasteiger partial charge is 0.573 e. The number of halogens is 6. The molecule has 1 heterocycles. The van der Waals surface area contributed by atoms with E-state index in [4.69, 9.17) is 4.74 Å². The molecule has 5 rings (SSSR count). The molecule has 0 aliphatic carbocycles. The molecule has 0 aliphatic heterocycles. The molecule has 1 atom stereocenters. The Kier molecular flexibility index (Phi) is 8.06. The lowest BCUT2D eigenvalue weighted by atomic mass is 10.00. The van der Waals surface area contributed by atoms with Crippen molar-refractivity contribution >= 4 is 11.8 Å². The Labute approximate surface area is 240 Å². The van der Waals surface area contributed by atoms with Crippen molar-refractivity contribution in [3.8, 4) is 22.8 Å². The summed E-state index contributed by atoms with van der Waals surface area (Å²) in [5.74, 6) is -0.0520. The van der Waals surface area contributed by atoms with E-state index in [-0.39, 0.29) is 5.75 Å². The number of hydrogen-bond acceptors (Lipinski definition) is 5. The molecule has 0 spiro atoms. The highest BCUT2D eigenvalue weighted by Crippen LogP contribution is 2.32. The number of rotatable bonds is 7. The molecule has 7 nitrogen and oxygen atoms in total. The van der Waals surface area contributed by atoms with E-state index in [1.807, 2.05) is 0 Å². The summed E-state index contributed by atoms with van der Waals surface area (Å²) >= 11 is 0. The molecule has 13 heteroatoms. The zero-order chi connectivity index (χ0) is 30.6. The maximum atomic E-state index is 13.0. The zero-order valence-electron chi connectivity index (χ0n) is 21.8. The van der Waals surface area contributed by atoms with Gasteiger partial charge in [-0.25, -0.2) is 14.5 Å². The number of amides is 1. The molecule has 0 aliphatic rings. The molecule has 43 heavy (non-hydrogen) atoms. The van der Waals surface area contributed by atoms with Gasteiger partial charge in [-0.15, -0.1) is 18.3 Å². The fraction of sp³-hybridized carbons (Fsp3) is 0.100. The van der Waals surface area contributed by atoms with E-state index in [0.717, 1.165) is 24.3 Å². The van der Waals surface area contributed by atoms with Crippen molar-refractivity contribution < 1.29 is 40.6 Å². The van der Waals surface area contributed by atoms with Gasteiger partial charge in [0.25, 0.3) is 0 Å². The Bertz CT molecular complexity index is 1670. The lowest BCUT2D eigenvalue weighted by Crippen LogP contribution is -2.18. The normalized spacial score (nSPS) is 12.4. The van der Waals surface area contributed by atoms with E-state index in [0.29, 0.717) is 33.9 Å². The maximum Gasteiger partial charge on any atom is 0.573 e. The second-order valence-corrected chi connectivity index (χ2v) is 9.07. The molecule has 0 fully saturated rings. The fourth-order valence-electron chi connectivity index (χ4n) is 4.08. The number of carbonyl (C=O) groups is 1. The first kappa shape index (κ1) is 29.2. The molecule has 0 saturated heterocycles. The molecule has 1 unspecified atom stereocenters. The first-order valence-corrected chi connectivity index (χ1v) is 12.5. The van der Waals surface area contributed by atoms with E-state index >= 15 is 0 Å². The molecule has 0 bridgehead atoms. The van der Waals surface area contributed by atoms with Gasteiger partial charge in [-0.05, 0) is 71.8 Å². The summed E-state index contributed by atoms with van der Waals surface area (Å²) in [6.07, 6.45) is -9.70. The smallest absolute Gasteiger partial charge is 0.436 e. The van der Waals surface area contributed by atoms with Crippen molar-refractivity contribution in [2.45, 2.75) is 18.6 Å². The molecular weight excluding hydrogens is 578 g/mol. The summed E-state index contributed by atoms with van der Waals surface area (Å²) < 4.78 is 87.1. The van der Waals surface area contributed by atoms with Crippen molar-refractivity contribution in [1.82, 2.24) is 14.8 Å². The molecule has 1 amide bonds. The van der Waals surface area contributed by atoms with Crippen molar-refractivity contribution in [3.63, 3.8) is 0 Å². The van der Waals surface area contributed by atoms with E-state index in [9.17, 15) is 31.1 Å². The number of benzene rings is 4. The van der Waals surface area contributed by atoms with Crippen LogP contribution in [0.2, 0.25) is 0 Å². The van der Waals surface area contributed by atoms with E-state index in [1.165, 1.54) is 35.3 Å². The maximum absolute atomic E-state index is 13.0. The van der Waals surface area contributed by atoms with Gasteiger partial charge >= 0.3 is 18.6 Å². The highest BCUT2D eigenvalue weighted by atomic mass is 19.4. The number of nitrogens with one attached hydrogen (secondary N) is 1. The minimum Gasteiger partial charge on any atom is -0.436 e. The fourth-order valence-corrected chi connectivity index (χ4v) is 4.08. The first-order chi connectivity index (χ1) is 20.4. The van der Waals surface area contributed by atoms with Crippen LogP contribution in [0.3, 0.4) is 0 Å². The minimum atomic E-state index is -4.80. The number of nitrogens with zero attached hydrogens (tertiary/aromatic N) is 3. The Morgan fingerprint density at radius 1 is 0.767 bits per heavy atom. The van der Waals surface area contributed by atoms with Crippen LogP contribution in [0.15, 0.2) is 109 Å². The standard InChI is InChI=1S/C30H20F6N4O3/c31-29(32,33)22-10-6-20(7-11-22)26(19-4-2-1-3-5-19)42-28(41)38-23-12-8-21(9-13-23)27-37-18-40(39-27)24-14-16-25(17-15-24)43-30(34,35)36/h1-18,26H,(H,38,41). The Balaban J connectivity index is 1.26. The van der Waals surface area contributed by atoms with Gasteiger partial charge in [-0.2, -0.15) is 13.2 Å². The van der Waals surface area contributed by atoms with Crippen LogP contribution in [0.5, 0.6) is 5.75 Å². The van der Waals surface area contributed by atoms with Crippen molar-refractivity contribution in [2.24, 2.45) is 0 Å². The van der Waals surface area contributed by atoms with Gasteiger partial charge in [-0.3, -0.25) is 5.32 Å². The third kappa shape index (κ3) is 7.50. The van der Waals surface area contributed by atoms with E-state index in [1.54, 1.807) is 54.6 Å². The van der Waals surface area contributed by atoms with Crippen LogP contribution < -0.4 is 10.1 Å². The Hall–Kier alpha value is -5.33. The minimum absolute atomic E-state index is 0.316. The van der Waals surface area contributed by atoms with Crippen LogP contribution in [0.25, 0.3) is 17.1 Å². The highest BCUT2D eigenvalue weighted by molar-refractivity contribution is 5.85. The summed E-state index contributed by atoms with van der Waals surface area (Å²) in [6.45, 7) is 0. The Morgan fingerprint density at radius 2 is 1.40 bits per heavy atom. The van der Waals surface area contributed by atoms with Crippen molar-refractivity contribution in [2.75, 3.05) is 5.32 Å². The van der Waals surface area contributed by atoms with Crippen molar-refractivity contribution in [3.05, 3.63) is 126 Å². The Morgan fingerprint density at radius 3 is 2.00 bits per heavy atom. The van der Waals surface area contributed by atoms with Crippen LogP contribution >= 0.6 is 0 Å². The third-order valence-electron chi connectivity index (χ3n) is 6.08. The first-order valence-electron chi connectivity index (χ1n) is 12.5. The highest BCUT2D eigenvalue weighted by Gasteiger charge is 2.31. The van der Waals surface area contributed by atoms with Crippen LogP contribution in [-0.4, -0.2) is 27.2 Å². The molecular formula is C30H20F6N4O3. The van der Waals surface area contributed by atoms with Gasteiger partial charge in [0.15, 0.2) is 11.9 Å². The zero-order valence-corrected chi connectivity index (χ0v) is 21.8. The number of alkyl halides is 6. The number of anilines is 1. The summed E-state index contributed by atoms with van der Waals surface area (Å²) in [5.41, 5.74) is 1.51. The second kappa shape index (κ2) is 11.9. The number of hydrogen-bond donors (Lipinski definition) is 1. The average Bonchev–Trinajstić information content (AvgIpc) is 3.46. The quantitative estimate of drug-likeness (QED) is 0.191. The van der Waals surface area contributed by atoms with Crippen LogP contribution in [0.1, 0.15) is 22.8 Å². The van der Waals surface area contributed by atoms with Gasteiger partial charge in [-0.1, -0.05) is 42.5 Å². The monoisotopic (exact) mass is 598 g/mol. The molecule has 0 radical (unpaired) electrons. The summed E-state index contributed by atoms with van der Waals surface area (Å²) in [5, 5.41) is 6.93. The molecule has 5 aromatic rings.